The minimum atomic E-state index is -5.95. The number of nitrogens with one attached hydrogen (secondary N) is 1. The van der Waals surface area contributed by atoms with Gasteiger partial charge < -0.3 is 10.4 Å². The maximum Gasteiger partial charge on any atom is 0.430 e. The predicted octanol–water partition coefficient (Wildman–Crippen LogP) is 6.80. The second-order valence-corrected chi connectivity index (χ2v) is 8.04. The van der Waals surface area contributed by atoms with E-state index in [1.165, 1.54) is 0 Å². The molecule has 0 aromatic heterocycles. The number of alkyl halides is 6. The molecule has 3 rings (SSSR count). The normalized spacial score (nSPS) is 12.5. The van der Waals surface area contributed by atoms with Gasteiger partial charge in [0.25, 0.3) is 5.60 Å². The van der Waals surface area contributed by atoms with Crippen LogP contribution in [0.3, 0.4) is 0 Å². The lowest BCUT2D eigenvalue weighted by atomic mass is 9.87. The molecule has 0 saturated carbocycles. The van der Waals surface area contributed by atoms with Crippen molar-refractivity contribution in [2.75, 3.05) is 5.32 Å². The molecule has 186 valence electrons. The highest BCUT2D eigenvalue weighted by Crippen LogP contribution is 2.50. The van der Waals surface area contributed by atoms with Crippen molar-refractivity contribution in [3.8, 4) is 11.1 Å². The Labute approximate surface area is 198 Å². The first-order valence-corrected chi connectivity index (χ1v) is 10.8. The molecule has 0 aliphatic rings. The molecule has 0 unspecified atom stereocenters. The maximum atomic E-state index is 13.2. The Morgan fingerprint density at radius 1 is 0.857 bits per heavy atom. The highest BCUT2D eigenvalue weighted by atomic mass is 19.4. The van der Waals surface area contributed by atoms with Gasteiger partial charge in [0.15, 0.2) is 0 Å². The van der Waals surface area contributed by atoms with Gasteiger partial charge in [0.1, 0.15) is 0 Å². The Bertz CT molecular complexity index is 1140. The topological polar surface area (TPSA) is 49.3 Å². The molecule has 3 nitrogen and oxygen atoms in total. The molecule has 0 bridgehead atoms. The summed E-state index contributed by atoms with van der Waals surface area (Å²) in [5.41, 5.74) is -3.57. The van der Waals surface area contributed by atoms with Crippen LogP contribution in [-0.4, -0.2) is 23.4 Å². The molecule has 35 heavy (non-hydrogen) atoms. The van der Waals surface area contributed by atoms with Gasteiger partial charge in [0.05, 0.1) is 0 Å². The van der Waals surface area contributed by atoms with Gasteiger partial charge in [0, 0.05) is 17.7 Å². The Kier molecular flexibility index (Phi) is 7.59. The number of hydrogen-bond donors (Lipinski definition) is 2. The largest absolute Gasteiger partial charge is 0.430 e. The van der Waals surface area contributed by atoms with E-state index in [0.29, 0.717) is 29.3 Å². The standard InChI is InChI=1S/C26H23F6NO2/c1-2-18-16-20(24(35,25(27,28)29)26(30,31)32)11-14-22(18)19-9-12-21(13-10-19)33-23(34)15-8-17-6-4-3-5-7-17/h3-7,9-14,16,35H,2,8,15H2,1H3,(H,33,34). The van der Waals surface area contributed by atoms with Gasteiger partial charge in [-0.1, -0.05) is 67.6 Å². The molecular formula is C26H23F6NO2. The van der Waals surface area contributed by atoms with Crippen LogP contribution in [-0.2, 0) is 23.2 Å². The van der Waals surface area contributed by atoms with Gasteiger partial charge in [-0.15, -0.1) is 0 Å². The first-order valence-electron chi connectivity index (χ1n) is 10.8. The number of aryl methyl sites for hydroxylation is 2. The Morgan fingerprint density at radius 2 is 1.46 bits per heavy atom. The van der Waals surface area contributed by atoms with Crippen molar-refractivity contribution in [2.45, 2.75) is 44.1 Å². The van der Waals surface area contributed by atoms with E-state index in [2.05, 4.69) is 5.32 Å². The quantitative estimate of drug-likeness (QED) is 0.354. The number of amides is 1. The number of aliphatic hydroxyl groups is 1. The number of carbonyl (C=O) groups is 1. The fraction of sp³-hybridized carbons (Fsp3) is 0.269. The minimum absolute atomic E-state index is 0.132. The molecule has 0 aliphatic heterocycles. The highest BCUT2D eigenvalue weighted by molar-refractivity contribution is 5.91. The van der Waals surface area contributed by atoms with Crippen LogP contribution in [0.15, 0.2) is 72.8 Å². The fourth-order valence-electron chi connectivity index (χ4n) is 3.74. The molecule has 0 aliphatic carbocycles. The molecule has 0 fully saturated rings. The number of anilines is 1. The number of benzene rings is 3. The van der Waals surface area contributed by atoms with E-state index in [-0.39, 0.29) is 24.3 Å². The van der Waals surface area contributed by atoms with E-state index in [0.717, 1.165) is 17.7 Å². The summed E-state index contributed by atoms with van der Waals surface area (Å²) in [5, 5.41) is 12.4. The Morgan fingerprint density at radius 3 is 2.00 bits per heavy atom. The summed E-state index contributed by atoms with van der Waals surface area (Å²) in [7, 11) is 0. The molecule has 9 heteroatoms. The van der Waals surface area contributed by atoms with E-state index < -0.39 is 23.5 Å². The first-order chi connectivity index (χ1) is 16.4. The van der Waals surface area contributed by atoms with Crippen LogP contribution in [0.25, 0.3) is 11.1 Å². The third kappa shape index (κ3) is 5.67. The molecule has 0 heterocycles. The Hall–Kier alpha value is -3.33. The number of halogens is 6. The van der Waals surface area contributed by atoms with Crippen LogP contribution >= 0.6 is 0 Å². The van der Waals surface area contributed by atoms with E-state index in [9.17, 15) is 36.2 Å². The monoisotopic (exact) mass is 495 g/mol. The summed E-state index contributed by atoms with van der Waals surface area (Å²) in [6, 6.07) is 18.4. The van der Waals surface area contributed by atoms with Crippen LogP contribution in [0, 0.1) is 0 Å². The predicted molar refractivity (Wildman–Crippen MR) is 121 cm³/mol. The van der Waals surface area contributed by atoms with E-state index >= 15 is 0 Å². The average Bonchev–Trinajstić information content (AvgIpc) is 2.81. The van der Waals surface area contributed by atoms with Crippen molar-refractivity contribution in [1.29, 1.82) is 0 Å². The summed E-state index contributed by atoms with van der Waals surface area (Å²) in [6.07, 6.45) is -10.9. The van der Waals surface area contributed by atoms with Crippen molar-refractivity contribution >= 4 is 11.6 Å². The molecule has 0 saturated heterocycles. The summed E-state index contributed by atoms with van der Waals surface area (Å²) >= 11 is 0. The van der Waals surface area contributed by atoms with Gasteiger partial charge >= 0.3 is 12.4 Å². The lowest BCUT2D eigenvalue weighted by molar-refractivity contribution is -0.376. The van der Waals surface area contributed by atoms with Crippen LogP contribution in [0.1, 0.15) is 30.0 Å². The van der Waals surface area contributed by atoms with Crippen LogP contribution in [0.5, 0.6) is 0 Å². The second kappa shape index (κ2) is 10.1. The van der Waals surface area contributed by atoms with Gasteiger partial charge in [0.2, 0.25) is 5.91 Å². The van der Waals surface area contributed by atoms with E-state index in [1.54, 1.807) is 31.2 Å². The lowest BCUT2D eigenvalue weighted by Crippen LogP contribution is -2.53. The van der Waals surface area contributed by atoms with E-state index in [4.69, 9.17) is 0 Å². The zero-order chi connectivity index (χ0) is 25.9. The van der Waals surface area contributed by atoms with Crippen LogP contribution in [0.4, 0.5) is 32.0 Å². The summed E-state index contributed by atoms with van der Waals surface area (Å²) in [5.74, 6) is -0.196. The molecule has 2 N–H and O–H groups in total. The van der Waals surface area contributed by atoms with Gasteiger partial charge in [-0.25, -0.2) is 0 Å². The molecule has 3 aromatic carbocycles. The third-order valence-electron chi connectivity index (χ3n) is 5.69. The van der Waals surface area contributed by atoms with Crippen molar-refractivity contribution in [3.05, 3.63) is 89.5 Å². The van der Waals surface area contributed by atoms with Crippen molar-refractivity contribution < 1.29 is 36.2 Å². The second-order valence-electron chi connectivity index (χ2n) is 8.04. The van der Waals surface area contributed by atoms with Crippen molar-refractivity contribution in [3.63, 3.8) is 0 Å². The summed E-state index contributed by atoms with van der Waals surface area (Å²) in [4.78, 5) is 12.2. The lowest BCUT2D eigenvalue weighted by Gasteiger charge is -2.33. The summed E-state index contributed by atoms with van der Waals surface area (Å²) < 4.78 is 79.4. The SMILES string of the molecule is CCc1cc(C(O)(C(F)(F)F)C(F)(F)F)ccc1-c1ccc(NC(=O)CCc2ccccc2)cc1. The van der Waals surface area contributed by atoms with E-state index in [1.807, 2.05) is 30.3 Å². The van der Waals surface area contributed by atoms with Crippen molar-refractivity contribution in [1.82, 2.24) is 0 Å². The molecule has 0 spiro atoms. The fourth-order valence-corrected chi connectivity index (χ4v) is 3.74. The molecule has 3 aromatic rings. The average molecular weight is 495 g/mol. The van der Waals surface area contributed by atoms with Crippen LogP contribution in [0.2, 0.25) is 0 Å². The van der Waals surface area contributed by atoms with Gasteiger partial charge in [-0.2, -0.15) is 26.3 Å². The maximum absolute atomic E-state index is 13.2. The van der Waals surface area contributed by atoms with Gasteiger partial charge in [-0.05, 0) is 47.2 Å². The zero-order valence-electron chi connectivity index (χ0n) is 18.7. The van der Waals surface area contributed by atoms with Crippen molar-refractivity contribution in [2.24, 2.45) is 0 Å². The number of rotatable bonds is 7. The molecule has 1 amide bonds. The molecule has 0 radical (unpaired) electrons. The smallest absolute Gasteiger partial charge is 0.369 e. The Balaban J connectivity index is 1.79. The van der Waals surface area contributed by atoms with Crippen LogP contribution < -0.4 is 5.32 Å². The highest BCUT2D eigenvalue weighted by Gasteiger charge is 2.71. The number of carbonyl (C=O) groups excluding carboxylic acids is 1. The summed E-state index contributed by atoms with van der Waals surface area (Å²) in [6.45, 7) is 1.59. The zero-order valence-corrected chi connectivity index (χ0v) is 18.7. The van der Waals surface area contributed by atoms with Gasteiger partial charge in [-0.3, -0.25) is 4.79 Å². The molecule has 0 atom stereocenters. The molecular weight excluding hydrogens is 472 g/mol. The first kappa shape index (κ1) is 26.3. The number of hydrogen-bond acceptors (Lipinski definition) is 2. The minimum Gasteiger partial charge on any atom is -0.369 e. The third-order valence-corrected chi connectivity index (χ3v) is 5.69.